The van der Waals surface area contributed by atoms with Crippen molar-refractivity contribution in [3.8, 4) is 0 Å². The second kappa shape index (κ2) is 9.91. The zero-order chi connectivity index (χ0) is 11.8. The number of hydrogen-bond donors (Lipinski definition) is 2. The van der Waals surface area contributed by atoms with Crippen molar-refractivity contribution in [1.82, 2.24) is 10.6 Å². The molecule has 2 N–H and O–H groups in total. The summed E-state index contributed by atoms with van der Waals surface area (Å²) in [5.74, 6) is 1.20. The van der Waals surface area contributed by atoms with Crippen molar-refractivity contribution in [3.05, 3.63) is 0 Å². The average molecular weight is 251 g/mol. The maximum atomic E-state index is 11.5. The normalized spacial score (nSPS) is 14.1. The van der Waals surface area contributed by atoms with Gasteiger partial charge < -0.3 is 10.6 Å². The first kappa shape index (κ1) is 18.1. The standard InChI is InChI=1S/C12H26N2O.ClH/c1-6-13-11(5)8-14-12(15)7-10(4)9(2)3;/h9-11,13H,6-8H2,1-5H3,(H,14,15);1H/t10?,11-;/m1./s1. The first-order valence-corrected chi connectivity index (χ1v) is 5.97. The number of amides is 1. The van der Waals surface area contributed by atoms with E-state index in [1.165, 1.54) is 0 Å². The van der Waals surface area contributed by atoms with E-state index < -0.39 is 0 Å². The van der Waals surface area contributed by atoms with Gasteiger partial charge in [-0.15, -0.1) is 12.4 Å². The summed E-state index contributed by atoms with van der Waals surface area (Å²) in [7, 11) is 0. The molecule has 98 valence electrons. The van der Waals surface area contributed by atoms with Crippen LogP contribution in [-0.2, 0) is 4.79 Å². The number of carbonyl (C=O) groups is 1. The molecule has 0 aliphatic rings. The van der Waals surface area contributed by atoms with Gasteiger partial charge in [-0.25, -0.2) is 0 Å². The van der Waals surface area contributed by atoms with Gasteiger partial charge in [0.05, 0.1) is 0 Å². The zero-order valence-electron chi connectivity index (χ0n) is 11.2. The fourth-order valence-electron chi connectivity index (χ4n) is 1.29. The van der Waals surface area contributed by atoms with Gasteiger partial charge in [-0.05, 0) is 25.3 Å². The lowest BCUT2D eigenvalue weighted by Crippen LogP contribution is -2.39. The molecule has 0 fully saturated rings. The predicted octanol–water partition coefficient (Wildman–Crippen LogP) is 2.20. The molecule has 16 heavy (non-hydrogen) atoms. The van der Waals surface area contributed by atoms with E-state index in [1.54, 1.807) is 0 Å². The van der Waals surface area contributed by atoms with E-state index in [0.29, 0.717) is 24.3 Å². The van der Waals surface area contributed by atoms with Crippen LogP contribution in [0.2, 0.25) is 0 Å². The van der Waals surface area contributed by atoms with E-state index in [9.17, 15) is 4.79 Å². The lowest BCUT2D eigenvalue weighted by molar-refractivity contribution is -0.122. The van der Waals surface area contributed by atoms with E-state index in [4.69, 9.17) is 0 Å². The summed E-state index contributed by atoms with van der Waals surface area (Å²) >= 11 is 0. The van der Waals surface area contributed by atoms with Crippen LogP contribution >= 0.6 is 12.4 Å². The number of rotatable bonds is 7. The highest BCUT2D eigenvalue weighted by molar-refractivity contribution is 5.85. The van der Waals surface area contributed by atoms with Gasteiger partial charge in [0, 0.05) is 19.0 Å². The largest absolute Gasteiger partial charge is 0.355 e. The minimum Gasteiger partial charge on any atom is -0.355 e. The number of hydrogen-bond acceptors (Lipinski definition) is 2. The van der Waals surface area contributed by atoms with Crippen molar-refractivity contribution in [3.63, 3.8) is 0 Å². The lowest BCUT2D eigenvalue weighted by atomic mass is 9.94. The number of halogens is 1. The molecule has 0 aromatic rings. The van der Waals surface area contributed by atoms with Crippen molar-refractivity contribution in [2.45, 2.75) is 47.1 Å². The van der Waals surface area contributed by atoms with Crippen molar-refractivity contribution >= 4 is 18.3 Å². The topological polar surface area (TPSA) is 41.1 Å². The van der Waals surface area contributed by atoms with E-state index in [2.05, 4.69) is 45.3 Å². The van der Waals surface area contributed by atoms with Crippen LogP contribution in [0, 0.1) is 11.8 Å². The summed E-state index contributed by atoms with van der Waals surface area (Å²) in [4.78, 5) is 11.5. The molecule has 0 rings (SSSR count). The molecule has 0 radical (unpaired) electrons. The molecule has 0 aliphatic heterocycles. The van der Waals surface area contributed by atoms with Crippen LogP contribution in [0.3, 0.4) is 0 Å². The quantitative estimate of drug-likeness (QED) is 0.728. The minimum absolute atomic E-state index is 0. The molecule has 0 bridgehead atoms. The maximum absolute atomic E-state index is 11.5. The van der Waals surface area contributed by atoms with Crippen LogP contribution in [0.25, 0.3) is 0 Å². The number of carbonyl (C=O) groups excluding carboxylic acids is 1. The predicted molar refractivity (Wildman–Crippen MR) is 72.0 cm³/mol. The van der Waals surface area contributed by atoms with Crippen molar-refractivity contribution < 1.29 is 4.79 Å². The van der Waals surface area contributed by atoms with Crippen molar-refractivity contribution in [2.24, 2.45) is 11.8 Å². The second-order valence-electron chi connectivity index (χ2n) is 4.69. The summed E-state index contributed by atoms with van der Waals surface area (Å²) in [5, 5.41) is 6.21. The van der Waals surface area contributed by atoms with Gasteiger partial charge in [0.15, 0.2) is 0 Å². The number of nitrogens with one attached hydrogen (secondary N) is 2. The number of likely N-dealkylation sites (N-methyl/N-ethyl adjacent to an activating group) is 1. The van der Waals surface area contributed by atoms with Crippen LogP contribution in [-0.4, -0.2) is 25.0 Å². The Morgan fingerprint density at radius 1 is 1.19 bits per heavy atom. The van der Waals surface area contributed by atoms with Crippen LogP contribution < -0.4 is 10.6 Å². The molecule has 1 amide bonds. The molecule has 0 aromatic heterocycles. The first-order valence-electron chi connectivity index (χ1n) is 5.97. The van der Waals surface area contributed by atoms with Crippen LogP contribution in [0.15, 0.2) is 0 Å². The Balaban J connectivity index is 0. The molecule has 0 saturated carbocycles. The van der Waals surface area contributed by atoms with Crippen LogP contribution in [0.4, 0.5) is 0 Å². The Morgan fingerprint density at radius 3 is 2.19 bits per heavy atom. The van der Waals surface area contributed by atoms with Gasteiger partial charge in [0.1, 0.15) is 0 Å². The van der Waals surface area contributed by atoms with E-state index in [1.807, 2.05) is 0 Å². The smallest absolute Gasteiger partial charge is 0.220 e. The molecule has 1 unspecified atom stereocenters. The van der Waals surface area contributed by atoms with E-state index in [-0.39, 0.29) is 18.3 Å². The highest BCUT2D eigenvalue weighted by atomic mass is 35.5. The summed E-state index contributed by atoms with van der Waals surface area (Å²) in [6.45, 7) is 12.2. The van der Waals surface area contributed by atoms with Gasteiger partial charge in [0.25, 0.3) is 0 Å². The SMILES string of the molecule is CCN[C@H](C)CNC(=O)CC(C)C(C)C.Cl. The maximum Gasteiger partial charge on any atom is 0.220 e. The fraction of sp³-hybridized carbons (Fsp3) is 0.917. The van der Waals surface area contributed by atoms with Crippen LogP contribution in [0.5, 0.6) is 0 Å². The van der Waals surface area contributed by atoms with Gasteiger partial charge in [0.2, 0.25) is 5.91 Å². The molecule has 3 nitrogen and oxygen atoms in total. The molecular weight excluding hydrogens is 224 g/mol. The van der Waals surface area contributed by atoms with E-state index >= 15 is 0 Å². The molecule has 0 aromatic carbocycles. The Bertz CT molecular complexity index is 186. The summed E-state index contributed by atoms with van der Waals surface area (Å²) in [5.41, 5.74) is 0. The first-order chi connectivity index (χ1) is 6.97. The van der Waals surface area contributed by atoms with Crippen LogP contribution in [0.1, 0.15) is 41.0 Å². The zero-order valence-corrected chi connectivity index (χ0v) is 12.0. The molecule has 0 saturated heterocycles. The van der Waals surface area contributed by atoms with Gasteiger partial charge in [-0.2, -0.15) is 0 Å². The third-order valence-electron chi connectivity index (χ3n) is 2.80. The fourth-order valence-corrected chi connectivity index (χ4v) is 1.29. The van der Waals surface area contributed by atoms with Crippen molar-refractivity contribution in [1.29, 1.82) is 0 Å². The highest BCUT2D eigenvalue weighted by Gasteiger charge is 2.12. The highest BCUT2D eigenvalue weighted by Crippen LogP contribution is 2.13. The monoisotopic (exact) mass is 250 g/mol. The van der Waals surface area contributed by atoms with Crippen molar-refractivity contribution in [2.75, 3.05) is 13.1 Å². The molecule has 0 aliphatic carbocycles. The van der Waals surface area contributed by atoms with Gasteiger partial charge in [-0.1, -0.05) is 27.7 Å². The molecule has 2 atom stereocenters. The minimum atomic E-state index is 0. The molecule has 0 spiro atoms. The Labute approximate surface area is 106 Å². The lowest BCUT2D eigenvalue weighted by Gasteiger charge is -2.17. The second-order valence-corrected chi connectivity index (χ2v) is 4.69. The molecule has 0 heterocycles. The molecular formula is C12H27ClN2O. The third kappa shape index (κ3) is 8.98. The molecule has 4 heteroatoms. The average Bonchev–Trinajstić information content (AvgIpc) is 2.15. The van der Waals surface area contributed by atoms with Gasteiger partial charge in [-0.3, -0.25) is 4.79 Å². The summed E-state index contributed by atoms with van der Waals surface area (Å²) < 4.78 is 0. The Kier molecular flexibility index (Phi) is 11.2. The Hall–Kier alpha value is -0.280. The van der Waals surface area contributed by atoms with Gasteiger partial charge >= 0.3 is 0 Å². The van der Waals surface area contributed by atoms with E-state index in [0.717, 1.165) is 13.1 Å². The summed E-state index contributed by atoms with van der Waals surface area (Å²) in [6, 6.07) is 0.355. The third-order valence-corrected chi connectivity index (χ3v) is 2.80. The Morgan fingerprint density at radius 2 is 1.75 bits per heavy atom. The summed E-state index contributed by atoms with van der Waals surface area (Å²) in [6.07, 6.45) is 0.635.